The van der Waals surface area contributed by atoms with Crippen molar-refractivity contribution in [2.24, 2.45) is 23.7 Å². The molecule has 4 saturated carbocycles. The fraction of sp³-hybridized carbons (Fsp3) is 0.565. The quantitative estimate of drug-likeness (QED) is 0.747. The Kier molecular flexibility index (Phi) is 4.41. The van der Waals surface area contributed by atoms with Gasteiger partial charge in [0.05, 0.1) is 0 Å². The van der Waals surface area contributed by atoms with Crippen molar-refractivity contribution in [1.29, 1.82) is 0 Å². The minimum atomic E-state index is -0.533. The van der Waals surface area contributed by atoms with Crippen LogP contribution in [0.5, 0.6) is 0 Å². The number of carbonyl (C=O) groups excluding carboxylic acids is 2. The summed E-state index contributed by atoms with van der Waals surface area (Å²) in [7, 11) is 0. The van der Waals surface area contributed by atoms with Crippen LogP contribution in [0.15, 0.2) is 30.5 Å². The standard InChI is InChI=1S/C23H29N3O2/c1-13(27)25-21(11-18-12-24-20-5-3-2-4-19(18)20)23(28)26-22-16-7-14-6-15(9-16)10-17(22)8-14/h2-5,12,14-17,21-22,24H,6-11H2,1H3,(H,25,27)(H,26,28). The third-order valence-corrected chi connectivity index (χ3v) is 7.33. The van der Waals surface area contributed by atoms with Crippen LogP contribution >= 0.6 is 0 Å². The maximum Gasteiger partial charge on any atom is 0.243 e. The number of hydrogen-bond acceptors (Lipinski definition) is 2. The zero-order valence-electron chi connectivity index (χ0n) is 16.4. The van der Waals surface area contributed by atoms with Crippen LogP contribution in [0.2, 0.25) is 0 Å². The molecule has 1 aromatic heterocycles. The van der Waals surface area contributed by atoms with E-state index < -0.39 is 6.04 Å². The summed E-state index contributed by atoms with van der Waals surface area (Å²) in [5.74, 6) is 2.83. The summed E-state index contributed by atoms with van der Waals surface area (Å²) in [6, 6.07) is 7.84. The van der Waals surface area contributed by atoms with Crippen LogP contribution in [0.25, 0.3) is 10.9 Å². The number of benzene rings is 1. The first-order chi connectivity index (χ1) is 13.6. The van der Waals surface area contributed by atoms with E-state index in [1.807, 2.05) is 24.4 Å². The van der Waals surface area contributed by atoms with Crippen LogP contribution in [0.3, 0.4) is 0 Å². The number of carbonyl (C=O) groups is 2. The van der Waals surface area contributed by atoms with Crippen molar-refractivity contribution >= 4 is 22.7 Å². The largest absolute Gasteiger partial charge is 0.361 e. The second kappa shape index (κ2) is 6.94. The first-order valence-corrected chi connectivity index (χ1v) is 10.7. The first-order valence-electron chi connectivity index (χ1n) is 10.7. The second-order valence-electron chi connectivity index (χ2n) is 9.28. The van der Waals surface area contributed by atoms with Gasteiger partial charge < -0.3 is 15.6 Å². The monoisotopic (exact) mass is 379 g/mol. The molecule has 1 heterocycles. The molecule has 3 N–H and O–H groups in total. The Morgan fingerprint density at radius 1 is 1.07 bits per heavy atom. The van der Waals surface area contributed by atoms with E-state index in [1.165, 1.54) is 39.0 Å². The van der Waals surface area contributed by atoms with Crippen LogP contribution in [0, 0.1) is 23.7 Å². The topological polar surface area (TPSA) is 74.0 Å². The molecule has 4 bridgehead atoms. The number of fused-ring (bicyclic) bond motifs is 1. The van der Waals surface area contributed by atoms with E-state index in [1.54, 1.807) is 0 Å². The van der Waals surface area contributed by atoms with Crippen LogP contribution < -0.4 is 10.6 Å². The third-order valence-electron chi connectivity index (χ3n) is 7.33. The van der Waals surface area contributed by atoms with Crippen molar-refractivity contribution in [2.45, 2.75) is 57.5 Å². The lowest BCUT2D eigenvalue weighted by Gasteiger charge is -2.54. The van der Waals surface area contributed by atoms with Crippen LogP contribution in [-0.4, -0.2) is 28.9 Å². The molecule has 4 aliphatic rings. The van der Waals surface area contributed by atoms with Gasteiger partial charge in [-0.2, -0.15) is 0 Å². The highest BCUT2D eigenvalue weighted by Crippen LogP contribution is 2.53. The number of para-hydroxylation sites is 1. The minimum absolute atomic E-state index is 0.0297. The van der Waals surface area contributed by atoms with Gasteiger partial charge in [0.1, 0.15) is 6.04 Å². The van der Waals surface area contributed by atoms with Gasteiger partial charge in [0.15, 0.2) is 0 Å². The molecule has 2 amide bonds. The summed E-state index contributed by atoms with van der Waals surface area (Å²) in [6.07, 6.45) is 8.94. The van der Waals surface area contributed by atoms with Crippen molar-refractivity contribution in [3.63, 3.8) is 0 Å². The maximum absolute atomic E-state index is 13.2. The number of amides is 2. The number of nitrogens with one attached hydrogen (secondary N) is 3. The van der Waals surface area contributed by atoms with E-state index in [4.69, 9.17) is 0 Å². The molecule has 1 unspecified atom stereocenters. The summed E-state index contributed by atoms with van der Waals surface area (Å²) < 4.78 is 0. The lowest BCUT2D eigenvalue weighted by molar-refractivity contribution is -0.130. The van der Waals surface area contributed by atoms with Crippen molar-refractivity contribution in [2.75, 3.05) is 0 Å². The molecule has 0 saturated heterocycles. The fourth-order valence-electron chi connectivity index (χ4n) is 6.40. The Balaban J connectivity index is 1.33. The molecule has 0 radical (unpaired) electrons. The third kappa shape index (κ3) is 3.21. The highest BCUT2D eigenvalue weighted by atomic mass is 16.2. The van der Waals surface area contributed by atoms with Gasteiger partial charge in [-0.15, -0.1) is 0 Å². The van der Waals surface area contributed by atoms with Crippen molar-refractivity contribution in [3.05, 3.63) is 36.0 Å². The average molecular weight is 380 g/mol. The zero-order chi connectivity index (χ0) is 19.3. The predicted molar refractivity (Wildman–Crippen MR) is 109 cm³/mol. The van der Waals surface area contributed by atoms with Gasteiger partial charge in [-0.25, -0.2) is 0 Å². The average Bonchev–Trinajstić information content (AvgIpc) is 3.06. The van der Waals surface area contributed by atoms with Crippen LogP contribution in [0.1, 0.15) is 44.6 Å². The van der Waals surface area contributed by atoms with E-state index in [-0.39, 0.29) is 11.8 Å². The van der Waals surface area contributed by atoms with Gasteiger partial charge in [-0.1, -0.05) is 18.2 Å². The smallest absolute Gasteiger partial charge is 0.243 e. The van der Waals surface area contributed by atoms with Gasteiger partial charge in [-0.3, -0.25) is 9.59 Å². The molecular weight excluding hydrogens is 350 g/mol. The van der Waals surface area contributed by atoms with Crippen molar-refractivity contribution in [3.8, 4) is 0 Å². The van der Waals surface area contributed by atoms with Gasteiger partial charge in [0, 0.05) is 36.5 Å². The molecule has 5 heteroatoms. The molecule has 5 nitrogen and oxygen atoms in total. The molecule has 148 valence electrons. The summed E-state index contributed by atoms with van der Waals surface area (Å²) in [6.45, 7) is 1.48. The number of hydrogen-bond donors (Lipinski definition) is 3. The lowest BCUT2D eigenvalue weighted by Crippen LogP contribution is -2.59. The van der Waals surface area contributed by atoms with Gasteiger partial charge in [-0.05, 0) is 67.4 Å². The van der Waals surface area contributed by atoms with Gasteiger partial charge in [0.2, 0.25) is 11.8 Å². The summed E-state index contributed by atoms with van der Waals surface area (Å²) in [5, 5.41) is 7.37. The molecule has 1 aromatic carbocycles. The molecule has 4 aliphatic carbocycles. The Labute approximate surface area is 165 Å². The Morgan fingerprint density at radius 3 is 2.43 bits per heavy atom. The molecule has 0 spiro atoms. The number of H-pyrrole nitrogens is 1. The molecule has 2 aromatic rings. The highest BCUT2D eigenvalue weighted by molar-refractivity contribution is 5.89. The van der Waals surface area contributed by atoms with Crippen molar-refractivity contribution < 1.29 is 9.59 Å². The van der Waals surface area contributed by atoms with Crippen molar-refractivity contribution in [1.82, 2.24) is 15.6 Å². The Morgan fingerprint density at radius 2 is 1.75 bits per heavy atom. The highest BCUT2D eigenvalue weighted by Gasteiger charge is 2.48. The Bertz CT molecular complexity index is 874. The maximum atomic E-state index is 13.2. The molecule has 0 aliphatic heterocycles. The van der Waals surface area contributed by atoms with E-state index in [0.717, 1.165) is 28.3 Å². The lowest BCUT2D eigenvalue weighted by atomic mass is 9.54. The molecule has 28 heavy (non-hydrogen) atoms. The summed E-state index contributed by atoms with van der Waals surface area (Å²) in [4.78, 5) is 28.3. The van der Waals surface area contributed by atoms with Crippen LogP contribution in [0.4, 0.5) is 0 Å². The normalized spacial score (nSPS) is 31.7. The van der Waals surface area contributed by atoms with E-state index in [2.05, 4.69) is 21.7 Å². The second-order valence-corrected chi connectivity index (χ2v) is 9.28. The predicted octanol–water partition coefficient (Wildman–Crippen LogP) is 3.16. The van der Waals surface area contributed by atoms with E-state index in [0.29, 0.717) is 24.3 Å². The van der Waals surface area contributed by atoms with Gasteiger partial charge in [0.25, 0.3) is 0 Å². The molecule has 6 rings (SSSR count). The Hall–Kier alpha value is -2.30. The molecular formula is C23H29N3O2. The fourth-order valence-corrected chi connectivity index (χ4v) is 6.40. The van der Waals surface area contributed by atoms with Crippen LogP contribution in [-0.2, 0) is 16.0 Å². The zero-order valence-corrected chi connectivity index (χ0v) is 16.4. The summed E-state index contributed by atoms with van der Waals surface area (Å²) in [5.41, 5.74) is 2.12. The van der Waals surface area contributed by atoms with E-state index >= 15 is 0 Å². The number of aromatic amines is 1. The number of rotatable bonds is 5. The minimum Gasteiger partial charge on any atom is -0.361 e. The molecule has 1 atom stereocenters. The van der Waals surface area contributed by atoms with Gasteiger partial charge >= 0.3 is 0 Å². The van der Waals surface area contributed by atoms with E-state index in [9.17, 15) is 9.59 Å². The number of aromatic nitrogens is 1. The SMILES string of the molecule is CC(=O)NC(Cc1c[nH]c2ccccc12)C(=O)NC1C2CC3CC(C2)CC1C3. The first kappa shape index (κ1) is 17.8. The summed E-state index contributed by atoms with van der Waals surface area (Å²) >= 11 is 0. The molecule has 4 fully saturated rings.